The molecule has 0 bridgehead atoms. The fourth-order valence-corrected chi connectivity index (χ4v) is 1.90. The fourth-order valence-electron chi connectivity index (χ4n) is 0.803. The van der Waals surface area contributed by atoms with Gasteiger partial charge in [0.25, 0.3) is 0 Å². The molecule has 0 saturated carbocycles. The maximum atomic E-state index is 5.45. The topological polar surface area (TPSA) is 22.1 Å². The molecule has 0 N–H and O–H groups in total. The van der Waals surface area contributed by atoms with Crippen molar-refractivity contribution in [3.05, 3.63) is 33.4 Å². The van der Waals surface area contributed by atoms with E-state index in [1.54, 1.807) is 28.9 Å². The van der Waals surface area contributed by atoms with Crippen LogP contribution in [0.15, 0.2) is 28.4 Å². The summed E-state index contributed by atoms with van der Waals surface area (Å²) in [7, 11) is 0. The Morgan fingerprint density at radius 3 is 3.08 bits per heavy atom. The average Bonchev–Trinajstić information content (AvgIpc) is 2.74. The summed E-state index contributed by atoms with van der Waals surface area (Å²) < 4.78 is 5.45. The second-order valence-corrected chi connectivity index (χ2v) is 3.93. The zero-order valence-electron chi connectivity index (χ0n) is 6.27. The van der Waals surface area contributed by atoms with E-state index in [1.165, 1.54) is 0 Å². The lowest BCUT2D eigenvalue weighted by Gasteiger charge is -1.98. The number of aromatic nitrogens is 1. The van der Waals surface area contributed by atoms with Crippen LogP contribution in [0, 0.1) is 0 Å². The molecule has 0 aromatic carbocycles. The number of thiazole rings is 1. The summed E-state index contributed by atoms with van der Waals surface area (Å²) in [5, 5.41) is 6.94. The van der Waals surface area contributed by atoms with Crippen molar-refractivity contribution in [2.45, 2.75) is 6.61 Å². The molecule has 2 nitrogen and oxygen atoms in total. The van der Waals surface area contributed by atoms with Gasteiger partial charge in [-0.3, -0.25) is 0 Å². The molecule has 0 aliphatic carbocycles. The van der Waals surface area contributed by atoms with Crippen LogP contribution < -0.4 is 4.74 Å². The van der Waals surface area contributed by atoms with Crippen molar-refractivity contribution in [3.63, 3.8) is 0 Å². The molecule has 0 atom stereocenters. The largest absolute Gasteiger partial charge is 0.486 e. The van der Waals surface area contributed by atoms with E-state index in [2.05, 4.69) is 4.98 Å². The zero-order valence-corrected chi connectivity index (χ0v) is 7.90. The second-order valence-electron chi connectivity index (χ2n) is 2.17. The number of ether oxygens (including phenoxy) is 1. The molecule has 2 heterocycles. The number of thiophene rings is 1. The van der Waals surface area contributed by atoms with Crippen molar-refractivity contribution in [2.75, 3.05) is 0 Å². The molecule has 0 spiro atoms. The second kappa shape index (κ2) is 3.69. The Labute approximate surface area is 78.5 Å². The summed E-state index contributed by atoms with van der Waals surface area (Å²) >= 11 is 3.25. The molecule has 2 aromatic heterocycles. The first kappa shape index (κ1) is 7.76. The van der Waals surface area contributed by atoms with Gasteiger partial charge < -0.3 is 4.74 Å². The van der Waals surface area contributed by atoms with Crippen molar-refractivity contribution in [3.8, 4) is 5.75 Å². The Bertz CT molecular complexity index is 280. The summed E-state index contributed by atoms with van der Waals surface area (Å²) in [5.41, 5.74) is 0. The van der Waals surface area contributed by atoms with Gasteiger partial charge >= 0.3 is 0 Å². The molecule has 0 aliphatic rings. The minimum absolute atomic E-state index is 0.578. The Balaban J connectivity index is 1.91. The molecule has 62 valence electrons. The predicted octanol–water partition coefficient (Wildman–Crippen LogP) is 2.78. The predicted molar refractivity (Wildman–Crippen MR) is 50.8 cm³/mol. The fraction of sp³-hybridized carbons (Fsp3) is 0.125. The van der Waals surface area contributed by atoms with Gasteiger partial charge in [0, 0.05) is 17.0 Å². The van der Waals surface area contributed by atoms with Gasteiger partial charge in [0.2, 0.25) is 0 Å². The first-order chi connectivity index (χ1) is 5.95. The van der Waals surface area contributed by atoms with Gasteiger partial charge in [-0.1, -0.05) is 0 Å². The quantitative estimate of drug-likeness (QED) is 0.754. The van der Waals surface area contributed by atoms with Crippen LogP contribution in [0.1, 0.15) is 5.01 Å². The van der Waals surface area contributed by atoms with Crippen LogP contribution in [0.5, 0.6) is 5.75 Å². The van der Waals surface area contributed by atoms with Gasteiger partial charge in [-0.05, 0) is 11.4 Å². The lowest BCUT2D eigenvalue weighted by Crippen LogP contribution is -1.92. The number of hydrogen-bond acceptors (Lipinski definition) is 4. The van der Waals surface area contributed by atoms with Crippen LogP contribution in [-0.2, 0) is 6.61 Å². The third-order valence-corrected chi connectivity index (χ3v) is 2.76. The molecule has 0 fully saturated rings. The van der Waals surface area contributed by atoms with Crippen LogP contribution in [0.3, 0.4) is 0 Å². The molecular weight excluding hydrogens is 190 g/mol. The van der Waals surface area contributed by atoms with Crippen LogP contribution in [0.25, 0.3) is 0 Å². The van der Waals surface area contributed by atoms with E-state index in [0.717, 1.165) is 10.8 Å². The Morgan fingerprint density at radius 2 is 2.42 bits per heavy atom. The van der Waals surface area contributed by atoms with E-state index in [9.17, 15) is 0 Å². The summed E-state index contributed by atoms with van der Waals surface area (Å²) in [5.74, 6) is 0.926. The van der Waals surface area contributed by atoms with Crippen molar-refractivity contribution in [1.82, 2.24) is 4.98 Å². The van der Waals surface area contributed by atoms with E-state index >= 15 is 0 Å². The van der Waals surface area contributed by atoms with Gasteiger partial charge in [0.15, 0.2) is 0 Å². The van der Waals surface area contributed by atoms with Gasteiger partial charge in [-0.25, -0.2) is 4.98 Å². The molecule has 12 heavy (non-hydrogen) atoms. The smallest absolute Gasteiger partial charge is 0.140 e. The van der Waals surface area contributed by atoms with Gasteiger partial charge in [-0.2, -0.15) is 0 Å². The third kappa shape index (κ3) is 1.84. The maximum absolute atomic E-state index is 5.45. The number of nitrogens with zero attached hydrogens (tertiary/aromatic N) is 1. The minimum Gasteiger partial charge on any atom is -0.486 e. The highest BCUT2D eigenvalue weighted by Crippen LogP contribution is 2.16. The highest BCUT2D eigenvalue weighted by atomic mass is 32.1. The van der Waals surface area contributed by atoms with E-state index < -0.39 is 0 Å². The van der Waals surface area contributed by atoms with E-state index in [1.807, 2.05) is 22.2 Å². The molecule has 0 unspecified atom stereocenters. The Kier molecular flexibility index (Phi) is 2.39. The van der Waals surface area contributed by atoms with E-state index in [0.29, 0.717) is 6.61 Å². The van der Waals surface area contributed by atoms with Crippen LogP contribution >= 0.6 is 22.7 Å². The molecular formula is C8H7NOS2. The molecule has 4 heteroatoms. The molecule has 2 aromatic rings. The monoisotopic (exact) mass is 197 g/mol. The first-order valence-corrected chi connectivity index (χ1v) is 5.31. The zero-order chi connectivity index (χ0) is 8.23. The lowest BCUT2D eigenvalue weighted by atomic mass is 10.6. The van der Waals surface area contributed by atoms with Crippen molar-refractivity contribution in [1.29, 1.82) is 0 Å². The SMILES string of the molecule is c1csc(COc2ccsc2)n1. The van der Waals surface area contributed by atoms with Crippen LogP contribution in [0.4, 0.5) is 0 Å². The minimum atomic E-state index is 0.578. The van der Waals surface area contributed by atoms with E-state index in [-0.39, 0.29) is 0 Å². The molecule has 0 amide bonds. The van der Waals surface area contributed by atoms with Crippen LogP contribution in [-0.4, -0.2) is 4.98 Å². The summed E-state index contributed by atoms with van der Waals surface area (Å²) in [6.07, 6.45) is 1.79. The third-order valence-electron chi connectivity index (χ3n) is 1.34. The molecule has 0 radical (unpaired) electrons. The number of rotatable bonds is 3. The number of hydrogen-bond donors (Lipinski definition) is 0. The van der Waals surface area contributed by atoms with Crippen LogP contribution in [0.2, 0.25) is 0 Å². The highest BCUT2D eigenvalue weighted by molar-refractivity contribution is 7.09. The van der Waals surface area contributed by atoms with Gasteiger partial charge in [-0.15, -0.1) is 22.7 Å². The standard InChI is InChI=1S/C8H7NOS2/c1-3-11-6-7(1)10-5-8-9-2-4-12-8/h1-4,6H,5H2. The van der Waals surface area contributed by atoms with Crippen molar-refractivity contribution in [2.24, 2.45) is 0 Å². The average molecular weight is 197 g/mol. The summed E-state index contributed by atoms with van der Waals surface area (Å²) in [6, 6.07) is 1.96. The van der Waals surface area contributed by atoms with E-state index in [4.69, 9.17) is 4.74 Å². The Hall–Kier alpha value is -0.870. The Morgan fingerprint density at radius 1 is 1.42 bits per heavy atom. The van der Waals surface area contributed by atoms with Crippen molar-refractivity contribution >= 4 is 22.7 Å². The summed E-state index contributed by atoms with van der Waals surface area (Å²) in [4.78, 5) is 4.11. The maximum Gasteiger partial charge on any atom is 0.140 e. The summed E-state index contributed by atoms with van der Waals surface area (Å²) in [6.45, 7) is 0.578. The van der Waals surface area contributed by atoms with Crippen molar-refractivity contribution < 1.29 is 4.74 Å². The molecule has 2 rings (SSSR count). The normalized spacial score (nSPS) is 10.0. The highest BCUT2D eigenvalue weighted by Gasteiger charge is 1.96. The van der Waals surface area contributed by atoms with Gasteiger partial charge in [0.05, 0.1) is 0 Å². The van der Waals surface area contributed by atoms with Gasteiger partial charge in [0.1, 0.15) is 17.4 Å². The first-order valence-electron chi connectivity index (χ1n) is 3.48. The molecule has 0 aliphatic heterocycles. The lowest BCUT2D eigenvalue weighted by molar-refractivity contribution is 0.307. The molecule has 0 saturated heterocycles.